The van der Waals surface area contributed by atoms with Crippen molar-refractivity contribution in [2.75, 3.05) is 31.1 Å². The van der Waals surface area contributed by atoms with Crippen LogP contribution in [-0.4, -0.2) is 64.5 Å². The number of urea groups is 1. The van der Waals surface area contributed by atoms with Crippen LogP contribution in [0.2, 0.25) is 0 Å². The van der Waals surface area contributed by atoms with E-state index < -0.39 is 0 Å². The Morgan fingerprint density at radius 3 is 2.81 bits per heavy atom. The lowest BCUT2D eigenvalue weighted by molar-refractivity contribution is 0.139. The number of anilines is 1. The van der Waals surface area contributed by atoms with Gasteiger partial charge in [-0.15, -0.1) is 0 Å². The summed E-state index contributed by atoms with van der Waals surface area (Å²) in [7, 11) is 0. The Morgan fingerprint density at radius 2 is 2.06 bits per heavy atom. The molecule has 1 unspecified atom stereocenters. The molecule has 0 bridgehead atoms. The highest BCUT2D eigenvalue weighted by Gasteiger charge is 2.33. The second-order valence-electron chi connectivity index (χ2n) is 7.42. The molecule has 162 valence electrons. The summed E-state index contributed by atoms with van der Waals surface area (Å²) in [6.07, 6.45) is 6.59. The van der Waals surface area contributed by atoms with Crippen molar-refractivity contribution >= 4 is 30.1 Å². The first-order valence-electron chi connectivity index (χ1n) is 10.3. The Balaban J connectivity index is 1.42. The van der Waals surface area contributed by atoms with Crippen LogP contribution in [0.3, 0.4) is 0 Å². The zero-order valence-electron chi connectivity index (χ0n) is 17.4. The van der Waals surface area contributed by atoms with E-state index >= 15 is 0 Å². The molecule has 32 heavy (non-hydrogen) atoms. The van der Waals surface area contributed by atoms with E-state index in [0.717, 1.165) is 11.8 Å². The minimum absolute atomic E-state index is 0.154. The molecule has 2 amide bonds. The number of hydrogen-bond donors (Lipinski definition) is 2. The summed E-state index contributed by atoms with van der Waals surface area (Å²) in [5.74, 6) is 0.543. The topological polar surface area (TPSA) is 139 Å². The molecule has 3 N–H and O–H groups in total. The van der Waals surface area contributed by atoms with Gasteiger partial charge in [-0.3, -0.25) is 0 Å². The Morgan fingerprint density at radius 1 is 1.25 bits per heavy atom. The molecule has 0 radical (unpaired) electrons. The summed E-state index contributed by atoms with van der Waals surface area (Å²) in [5, 5.41) is 22.1. The minimum Gasteiger partial charge on any atom is -0.397 e. The molecule has 0 spiro atoms. The summed E-state index contributed by atoms with van der Waals surface area (Å²) in [6, 6.07) is 10.8. The number of carbonyl (C=O) groups is 1. The number of rotatable bonds is 4. The van der Waals surface area contributed by atoms with Gasteiger partial charge in [-0.2, -0.15) is 10.4 Å². The summed E-state index contributed by atoms with van der Waals surface area (Å²) in [6.45, 7) is 2.18. The van der Waals surface area contributed by atoms with Crippen LogP contribution >= 0.6 is 0 Å². The highest BCUT2D eigenvalue weighted by atomic mass is 16.2. The van der Waals surface area contributed by atoms with E-state index in [1.807, 2.05) is 17.0 Å². The average molecular weight is 429 g/mol. The van der Waals surface area contributed by atoms with Crippen molar-refractivity contribution in [2.24, 2.45) is 10.8 Å². The van der Waals surface area contributed by atoms with Crippen molar-refractivity contribution in [2.45, 2.75) is 12.5 Å². The lowest BCUT2D eigenvalue weighted by atomic mass is 10.0. The maximum absolute atomic E-state index is 13.2. The van der Waals surface area contributed by atoms with Gasteiger partial charge in [0.05, 0.1) is 29.1 Å². The predicted octanol–water partition coefficient (Wildman–Crippen LogP) is 1.97. The largest absolute Gasteiger partial charge is 0.397 e. The molecule has 1 aromatic carbocycles. The Kier molecular flexibility index (Phi) is 6.07. The molecule has 2 aromatic rings. The number of carbonyl (C=O) groups excluding carboxylic acids is 1. The van der Waals surface area contributed by atoms with Crippen molar-refractivity contribution < 1.29 is 4.79 Å². The summed E-state index contributed by atoms with van der Waals surface area (Å²) in [5.41, 5.74) is 8.35. The van der Waals surface area contributed by atoms with Gasteiger partial charge in [0.25, 0.3) is 0 Å². The Labute approximate surface area is 185 Å². The lowest BCUT2D eigenvalue weighted by Gasteiger charge is -2.37. The molecule has 2 aliphatic rings. The molecule has 1 fully saturated rings. The zero-order chi connectivity index (χ0) is 22.5. The van der Waals surface area contributed by atoms with E-state index in [4.69, 9.17) is 11.1 Å². The van der Waals surface area contributed by atoms with E-state index in [1.165, 1.54) is 11.1 Å². The monoisotopic (exact) mass is 429 g/mol. The summed E-state index contributed by atoms with van der Waals surface area (Å²) >= 11 is 0. The van der Waals surface area contributed by atoms with Crippen molar-refractivity contribution in [3.63, 3.8) is 0 Å². The molecule has 1 aromatic heterocycles. The van der Waals surface area contributed by atoms with E-state index in [-0.39, 0.29) is 12.1 Å². The van der Waals surface area contributed by atoms with Crippen LogP contribution in [-0.2, 0) is 0 Å². The molecule has 10 nitrogen and oxygen atoms in total. The molecule has 1 atom stereocenters. The van der Waals surface area contributed by atoms with Crippen LogP contribution in [0.5, 0.6) is 0 Å². The molecular formula is C22H23N9O. The van der Waals surface area contributed by atoms with Crippen LogP contribution in [0, 0.1) is 16.7 Å². The van der Waals surface area contributed by atoms with Gasteiger partial charge in [0, 0.05) is 51.2 Å². The number of nitrogens with two attached hydrogens (primary N) is 1. The fraction of sp³-hybridized carbons (Fsp3) is 0.273. The third-order valence-electron chi connectivity index (χ3n) is 5.46. The minimum atomic E-state index is -0.211. The quantitative estimate of drug-likeness (QED) is 0.713. The van der Waals surface area contributed by atoms with Gasteiger partial charge in [0.2, 0.25) is 5.95 Å². The van der Waals surface area contributed by atoms with Gasteiger partial charge in [-0.25, -0.2) is 19.8 Å². The third-order valence-corrected chi connectivity index (χ3v) is 5.46. The fourth-order valence-electron chi connectivity index (χ4n) is 3.77. The second kappa shape index (κ2) is 9.26. The standard InChI is InChI=1S/C22H23N9O/c23-7-4-18(25)19-5-8-26-21(28-19)29-10-12-30(13-11-29)22(32)31-20(6-9-27-31)17-3-1-2-16(14-17)15-24/h1-5,7-9,14,20,23H,6,10-13,25H2. The number of nitrogens with zero attached hydrogens (tertiary/aromatic N) is 7. The van der Waals surface area contributed by atoms with Gasteiger partial charge in [-0.05, 0) is 29.8 Å². The van der Waals surface area contributed by atoms with Gasteiger partial charge in [0.15, 0.2) is 0 Å². The fourth-order valence-corrected chi connectivity index (χ4v) is 3.77. The first-order chi connectivity index (χ1) is 15.6. The Hall–Kier alpha value is -4.26. The third kappa shape index (κ3) is 4.27. The molecule has 4 rings (SSSR count). The number of nitriles is 1. The molecule has 10 heteroatoms. The first-order valence-corrected chi connectivity index (χ1v) is 10.3. The van der Waals surface area contributed by atoms with Crippen LogP contribution in [0.4, 0.5) is 10.7 Å². The van der Waals surface area contributed by atoms with Crippen molar-refractivity contribution in [1.82, 2.24) is 19.9 Å². The summed E-state index contributed by atoms with van der Waals surface area (Å²) in [4.78, 5) is 25.8. The zero-order valence-corrected chi connectivity index (χ0v) is 17.4. The number of piperazine rings is 1. The highest BCUT2D eigenvalue weighted by molar-refractivity contribution is 5.81. The molecule has 0 aliphatic carbocycles. The van der Waals surface area contributed by atoms with Crippen molar-refractivity contribution in [3.8, 4) is 6.07 Å². The normalized spacial score (nSPS) is 18.5. The number of hydrazone groups is 1. The molecule has 0 saturated carbocycles. The SMILES string of the molecule is N#Cc1cccc(C2CC=NN2C(=O)N2CCN(c3nccc(C(N)=CC=N)n3)CC2)c1. The van der Waals surface area contributed by atoms with Gasteiger partial charge >= 0.3 is 6.03 Å². The Bertz CT molecular complexity index is 1110. The number of benzene rings is 1. The molecule has 1 saturated heterocycles. The van der Waals surface area contributed by atoms with Gasteiger partial charge < -0.3 is 20.9 Å². The average Bonchev–Trinajstić information content (AvgIpc) is 3.34. The van der Waals surface area contributed by atoms with Crippen LogP contribution < -0.4 is 10.6 Å². The van der Waals surface area contributed by atoms with E-state index in [1.54, 1.807) is 35.5 Å². The number of aromatic nitrogens is 2. The summed E-state index contributed by atoms with van der Waals surface area (Å²) < 4.78 is 0. The number of hydrogen-bond acceptors (Lipinski definition) is 8. The predicted molar refractivity (Wildman–Crippen MR) is 121 cm³/mol. The highest BCUT2D eigenvalue weighted by Crippen LogP contribution is 2.30. The maximum Gasteiger partial charge on any atom is 0.341 e. The maximum atomic E-state index is 13.2. The number of nitrogens with one attached hydrogen (secondary N) is 1. The number of amides is 2. The number of allylic oxidation sites excluding steroid dienone is 1. The van der Waals surface area contributed by atoms with Gasteiger partial charge in [0.1, 0.15) is 0 Å². The second-order valence-corrected chi connectivity index (χ2v) is 7.42. The molecule has 3 heterocycles. The van der Waals surface area contributed by atoms with Crippen LogP contribution in [0.15, 0.2) is 47.7 Å². The lowest BCUT2D eigenvalue weighted by Crippen LogP contribution is -2.52. The van der Waals surface area contributed by atoms with Crippen molar-refractivity contribution in [1.29, 1.82) is 10.7 Å². The molecule has 2 aliphatic heterocycles. The van der Waals surface area contributed by atoms with Crippen LogP contribution in [0.25, 0.3) is 5.70 Å². The van der Waals surface area contributed by atoms with E-state index in [0.29, 0.717) is 55.5 Å². The van der Waals surface area contributed by atoms with Crippen molar-refractivity contribution in [3.05, 3.63) is 59.4 Å². The smallest absolute Gasteiger partial charge is 0.341 e. The van der Waals surface area contributed by atoms with E-state index in [2.05, 4.69) is 21.1 Å². The first kappa shape index (κ1) is 21.0. The van der Waals surface area contributed by atoms with E-state index in [9.17, 15) is 10.1 Å². The van der Waals surface area contributed by atoms with Gasteiger partial charge in [-0.1, -0.05) is 12.1 Å². The van der Waals surface area contributed by atoms with Crippen LogP contribution in [0.1, 0.15) is 29.3 Å². The molecular weight excluding hydrogens is 406 g/mol.